The lowest BCUT2D eigenvalue weighted by molar-refractivity contribution is -0.115. The van der Waals surface area contributed by atoms with E-state index >= 15 is 0 Å². The number of amides is 1. The molecule has 0 spiro atoms. The number of methoxy groups -OCH3 is 4. The quantitative estimate of drug-likeness (QED) is 0.712. The van der Waals surface area contributed by atoms with Gasteiger partial charge >= 0.3 is 5.97 Å². The molecule has 0 aliphatic heterocycles. The van der Waals surface area contributed by atoms with Gasteiger partial charge in [-0.15, -0.1) is 11.3 Å². The van der Waals surface area contributed by atoms with E-state index in [1.54, 1.807) is 12.1 Å². The standard InChI is InChI=1S/C20H23NO6S/c1-24-13-8-11(9-14(25-2)18(13)26-3)10-16(22)21-19-17(20(23)27-4)12-6-5-7-15(12)28-19/h8-9H,5-7,10H2,1-4H3,(H,21,22). The molecule has 1 aromatic heterocycles. The fourth-order valence-corrected chi connectivity index (χ4v) is 4.70. The summed E-state index contributed by atoms with van der Waals surface area (Å²) in [6.45, 7) is 0. The Morgan fingerprint density at radius 1 is 1.04 bits per heavy atom. The molecule has 0 fully saturated rings. The van der Waals surface area contributed by atoms with Gasteiger partial charge in [0.05, 0.1) is 40.4 Å². The normalized spacial score (nSPS) is 12.3. The number of thiophene rings is 1. The predicted molar refractivity (Wildman–Crippen MR) is 106 cm³/mol. The summed E-state index contributed by atoms with van der Waals surface area (Å²) in [4.78, 5) is 26.0. The van der Waals surface area contributed by atoms with Crippen molar-refractivity contribution in [2.24, 2.45) is 0 Å². The molecule has 1 N–H and O–H groups in total. The molecular weight excluding hydrogens is 382 g/mol. The number of ether oxygens (including phenoxy) is 4. The van der Waals surface area contributed by atoms with Crippen LogP contribution in [0.2, 0.25) is 0 Å². The molecule has 0 radical (unpaired) electrons. The lowest BCUT2D eigenvalue weighted by Gasteiger charge is -2.14. The largest absolute Gasteiger partial charge is 0.493 e. The monoisotopic (exact) mass is 405 g/mol. The van der Waals surface area contributed by atoms with Crippen LogP contribution in [0.5, 0.6) is 17.2 Å². The molecule has 0 saturated heterocycles. The zero-order valence-corrected chi connectivity index (χ0v) is 17.2. The molecule has 0 saturated carbocycles. The molecule has 0 unspecified atom stereocenters. The Morgan fingerprint density at radius 2 is 1.71 bits per heavy atom. The fourth-order valence-electron chi connectivity index (χ4n) is 3.40. The maximum absolute atomic E-state index is 12.7. The molecule has 1 amide bonds. The van der Waals surface area contributed by atoms with Crippen molar-refractivity contribution in [1.82, 2.24) is 0 Å². The number of rotatable bonds is 7. The summed E-state index contributed by atoms with van der Waals surface area (Å²) in [6, 6.07) is 3.47. The second-order valence-corrected chi connectivity index (χ2v) is 7.42. The predicted octanol–water partition coefficient (Wildman–Crippen LogP) is 3.23. The van der Waals surface area contributed by atoms with Gasteiger partial charge in [0.2, 0.25) is 11.7 Å². The molecule has 3 rings (SSSR count). The molecular formula is C20H23NO6S. The summed E-state index contributed by atoms with van der Waals surface area (Å²) in [5.74, 6) is 0.781. The summed E-state index contributed by atoms with van der Waals surface area (Å²) in [7, 11) is 5.92. The zero-order valence-electron chi connectivity index (χ0n) is 16.3. The van der Waals surface area contributed by atoms with E-state index in [0.717, 1.165) is 29.7 Å². The van der Waals surface area contributed by atoms with Crippen LogP contribution in [-0.4, -0.2) is 40.3 Å². The molecule has 1 heterocycles. The van der Waals surface area contributed by atoms with Crippen LogP contribution in [0.25, 0.3) is 0 Å². The number of carbonyl (C=O) groups is 2. The average Bonchev–Trinajstić information content (AvgIpc) is 3.27. The summed E-state index contributed by atoms with van der Waals surface area (Å²) in [5, 5.41) is 3.42. The van der Waals surface area contributed by atoms with Crippen molar-refractivity contribution in [3.8, 4) is 17.2 Å². The number of fused-ring (bicyclic) bond motifs is 1. The Balaban J connectivity index is 1.83. The van der Waals surface area contributed by atoms with Gasteiger partial charge in [0.15, 0.2) is 11.5 Å². The minimum Gasteiger partial charge on any atom is -0.493 e. The van der Waals surface area contributed by atoms with Crippen molar-refractivity contribution in [3.63, 3.8) is 0 Å². The first-order valence-corrected chi connectivity index (χ1v) is 9.65. The highest BCUT2D eigenvalue weighted by Gasteiger charge is 2.28. The van der Waals surface area contributed by atoms with E-state index in [1.165, 1.54) is 39.8 Å². The van der Waals surface area contributed by atoms with Crippen molar-refractivity contribution in [1.29, 1.82) is 0 Å². The zero-order chi connectivity index (χ0) is 20.3. The number of esters is 1. The number of aryl methyl sites for hydroxylation is 1. The first kappa shape index (κ1) is 20.0. The lowest BCUT2D eigenvalue weighted by Crippen LogP contribution is -2.16. The molecule has 2 aromatic rings. The van der Waals surface area contributed by atoms with Crippen molar-refractivity contribution in [3.05, 3.63) is 33.7 Å². The van der Waals surface area contributed by atoms with Crippen molar-refractivity contribution >= 4 is 28.2 Å². The van der Waals surface area contributed by atoms with E-state index in [-0.39, 0.29) is 12.3 Å². The van der Waals surface area contributed by atoms with Crippen LogP contribution in [0.1, 0.15) is 32.8 Å². The SMILES string of the molecule is COC(=O)c1c(NC(=O)Cc2cc(OC)c(OC)c(OC)c2)sc2c1CCC2. The second-order valence-electron chi connectivity index (χ2n) is 6.31. The first-order valence-electron chi connectivity index (χ1n) is 8.83. The Bertz CT molecular complexity index is 879. The van der Waals surface area contributed by atoms with Crippen LogP contribution in [0, 0.1) is 0 Å². The average molecular weight is 405 g/mol. The van der Waals surface area contributed by atoms with E-state index in [4.69, 9.17) is 18.9 Å². The number of carbonyl (C=O) groups excluding carboxylic acids is 2. The van der Waals surface area contributed by atoms with Crippen molar-refractivity contribution < 1.29 is 28.5 Å². The maximum Gasteiger partial charge on any atom is 0.341 e. The molecule has 28 heavy (non-hydrogen) atoms. The third kappa shape index (κ3) is 3.77. The fraction of sp³-hybridized carbons (Fsp3) is 0.400. The van der Waals surface area contributed by atoms with E-state index in [9.17, 15) is 9.59 Å². The van der Waals surface area contributed by atoms with Crippen LogP contribution in [0.3, 0.4) is 0 Å². The molecule has 0 atom stereocenters. The number of hydrogen-bond acceptors (Lipinski definition) is 7. The van der Waals surface area contributed by atoms with Gasteiger partial charge in [0.1, 0.15) is 5.00 Å². The van der Waals surface area contributed by atoms with Crippen LogP contribution in [0.15, 0.2) is 12.1 Å². The van der Waals surface area contributed by atoms with Crippen LogP contribution in [0.4, 0.5) is 5.00 Å². The topological polar surface area (TPSA) is 83.1 Å². The van der Waals surface area contributed by atoms with Gasteiger partial charge in [-0.05, 0) is 42.5 Å². The van der Waals surface area contributed by atoms with Gasteiger partial charge in [-0.25, -0.2) is 4.79 Å². The van der Waals surface area contributed by atoms with Crippen LogP contribution < -0.4 is 19.5 Å². The highest BCUT2D eigenvalue weighted by molar-refractivity contribution is 7.17. The van der Waals surface area contributed by atoms with Crippen molar-refractivity contribution in [2.45, 2.75) is 25.7 Å². The Morgan fingerprint density at radius 3 is 2.29 bits per heavy atom. The molecule has 1 aliphatic rings. The number of hydrogen-bond donors (Lipinski definition) is 1. The van der Waals surface area contributed by atoms with Gasteiger partial charge in [0.25, 0.3) is 0 Å². The van der Waals surface area contributed by atoms with Crippen molar-refractivity contribution in [2.75, 3.05) is 33.8 Å². The van der Waals surface area contributed by atoms with E-state index in [0.29, 0.717) is 33.4 Å². The molecule has 7 nitrogen and oxygen atoms in total. The molecule has 1 aliphatic carbocycles. The van der Waals surface area contributed by atoms with E-state index < -0.39 is 5.97 Å². The maximum atomic E-state index is 12.7. The van der Waals surface area contributed by atoms with Crippen LogP contribution >= 0.6 is 11.3 Å². The summed E-state index contributed by atoms with van der Waals surface area (Å²) < 4.78 is 20.9. The summed E-state index contributed by atoms with van der Waals surface area (Å²) in [6.07, 6.45) is 2.87. The summed E-state index contributed by atoms with van der Waals surface area (Å²) >= 11 is 1.45. The van der Waals surface area contributed by atoms with Crippen LogP contribution in [-0.2, 0) is 28.8 Å². The highest BCUT2D eigenvalue weighted by atomic mass is 32.1. The third-order valence-electron chi connectivity index (χ3n) is 4.65. The molecule has 8 heteroatoms. The van der Waals surface area contributed by atoms with Gasteiger partial charge < -0.3 is 24.3 Å². The number of benzene rings is 1. The molecule has 1 aromatic carbocycles. The Kier molecular flexibility index (Phi) is 6.08. The highest BCUT2D eigenvalue weighted by Crippen LogP contribution is 2.40. The minimum absolute atomic E-state index is 0.0971. The Hall–Kier alpha value is -2.74. The van der Waals surface area contributed by atoms with Gasteiger partial charge in [-0.2, -0.15) is 0 Å². The van der Waals surface area contributed by atoms with Gasteiger partial charge in [-0.1, -0.05) is 0 Å². The van der Waals surface area contributed by atoms with Gasteiger partial charge in [-0.3, -0.25) is 4.79 Å². The third-order valence-corrected chi connectivity index (χ3v) is 5.86. The first-order chi connectivity index (χ1) is 13.5. The van der Waals surface area contributed by atoms with Gasteiger partial charge in [0, 0.05) is 4.88 Å². The molecule has 150 valence electrons. The van der Waals surface area contributed by atoms with E-state index in [2.05, 4.69) is 5.32 Å². The smallest absolute Gasteiger partial charge is 0.341 e. The Labute approximate surface area is 167 Å². The number of nitrogens with one attached hydrogen (secondary N) is 1. The second kappa shape index (κ2) is 8.52. The minimum atomic E-state index is -0.414. The molecule has 0 bridgehead atoms. The van der Waals surface area contributed by atoms with E-state index in [1.807, 2.05) is 0 Å². The lowest BCUT2D eigenvalue weighted by atomic mass is 10.1. The number of anilines is 1. The summed E-state index contributed by atoms with van der Waals surface area (Å²) in [5.41, 5.74) is 2.19.